The van der Waals surface area contributed by atoms with Crippen LogP contribution < -0.4 is 10.1 Å². The number of carbonyl (C=O) groups is 1. The summed E-state index contributed by atoms with van der Waals surface area (Å²) in [5, 5.41) is 6.78. The highest BCUT2D eigenvalue weighted by atomic mass is 35.5. The van der Waals surface area contributed by atoms with E-state index in [0.29, 0.717) is 23.7 Å². The molecule has 0 fully saturated rings. The second-order valence-corrected chi connectivity index (χ2v) is 4.51. The Morgan fingerprint density at radius 1 is 1.50 bits per heavy atom. The minimum atomic E-state index is -0.206. The van der Waals surface area contributed by atoms with E-state index in [4.69, 9.17) is 16.3 Å². The molecule has 6 heteroatoms. The van der Waals surface area contributed by atoms with Gasteiger partial charge in [-0.05, 0) is 25.1 Å². The normalized spacial score (nSPS) is 10.3. The Bertz CT molecular complexity index is 610. The Morgan fingerprint density at radius 3 is 2.90 bits per heavy atom. The van der Waals surface area contributed by atoms with Crippen molar-refractivity contribution >= 4 is 23.2 Å². The van der Waals surface area contributed by atoms with Crippen LogP contribution in [0.15, 0.2) is 30.6 Å². The molecule has 0 radical (unpaired) electrons. The first-order valence-corrected chi connectivity index (χ1v) is 6.79. The minimum Gasteiger partial charge on any atom is -0.494 e. The Morgan fingerprint density at radius 2 is 2.30 bits per heavy atom. The molecule has 2 aromatic rings. The number of nitrogens with one attached hydrogen (secondary N) is 1. The van der Waals surface area contributed by atoms with Crippen LogP contribution in [0.2, 0.25) is 0 Å². The minimum absolute atomic E-state index is 0.206. The SMILES string of the molecule is CCOc1ccc(NC(=O)c2cnn(C)c2)cc1CCl. The summed E-state index contributed by atoms with van der Waals surface area (Å²) in [6.07, 6.45) is 3.18. The maximum Gasteiger partial charge on any atom is 0.258 e. The zero-order valence-electron chi connectivity index (χ0n) is 11.4. The average Bonchev–Trinajstić information content (AvgIpc) is 2.87. The van der Waals surface area contributed by atoms with Gasteiger partial charge in [0.15, 0.2) is 0 Å². The number of amides is 1. The van der Waals surface area contributed by atoms with E-state index in [-0.39, 0.29) is 5.91 Å². The van der Waals surface area contributed by atoms with E-state index in [2.05, 4.69) is 10.4 Å². The largest absolute Gasteiger partial charge is 0.494 e. The molecule has 0 unspecified atom stereocenters. The van der Waals surface area contributed by atoms with E-state index in [1.807, 2.05) is 13.0 Å². The van der Waals surface area contributed by atoms with E-state index in [9.17, 15) is 4.79 Å². The quantitative estimate of drug-likeness (QED) is 0.863. The van der Waals surface area contributed by atoms with Gasteiger partial charge in [0.25, 0.3) is 5.91 Å². The summed E-state index contributed by atoms with van der Waals surface area (Å²) in [5.74, 6) is 0.857. The van der Waals surface area contributed by atoms with Gasteiger partial charge in [-0.25, -0.2) is 0 Å². The smallest absolute Gasteiger partial charge is 0.258 e. The first-order valence-electron chi connectivity index (χ1n) is 6.25. The Kier molecular flexibility index (Phi) is 4.63. The lowest BCUT2D eigenvalue weighted by molar-refractivity contribution is 0.102. The lowest BCUT2D eigenvalue weighted by Gasteiger charge is -2.10. The van der Waals surface area contributed by atoms with Crippen LogP contribution >= 0.6 is 11.6 Å². The third kappa shape index (κ3) is 3.30. The fraction of sp³-hybridized carbons (Fsp3) is 0.286. The zero-order valence-corrected chi connectivity index (χ0v) is 12.1. The first kappa shape index (κ1) is 14.4. The van der Waals surface area contributed by atoms with Gasteiger partial charge in [-0.3, -0.25) is 9.48 Å². The monoisotopic (exact) mass is 293 g/mol. The van der Waals surface area contributed by atoms with E-state index in [1.54, 1.807) is 30.1 Å². The second kappa shape index (κ2) is 6.43. The predicted octanol–water partition coefficient (Wildman–Crippen LogP) is 2.81. The van der Waals surface area contributed by atoms with Crippen LogP contribution in [0.25, 0.3) is 0 Å². The highest BCUT2D eigenvalue weighted by molar-refractivity contribution is 6.17. The molecule has 0 saturated heterocycles. The number of ether oxygens (including phenoxy) is 1. The van der Waals surface area contributed by atoms with Crippen LogP contribution in [0.3, 0.4) is 0 Å². The zero-order chi connectivity index (χ0) is 14.5. The molecule has 0 atom stereocenters. The summed E-state index contributed by atoms with van der Waals surface area (Å²) < 4.78 is 7.05. The van der Waals surface area contributed by atoms with Gasteiger partial charge in [-0.1, -0.05) is 0 Å². The van der Waals surface area contributed by atoms with Crippen molar-refractivity contribution in [2.75, 3.05) is 11.9 Å². The van der Waals surface area contributed by atoms with E-state index >= 15 is 0 Å². The number of aromatic nitrogens is 2. The molecule has 0 spiro atoms. The van der Waals surface area contributed by atoms with E-state index in [0.717, 1.165) is 11.3 Å². The molecule has 0 bridgehead atoms. The Balaban J connectivity index is 2.15. The number of nitrogens with zero attached hydrogens (tertiary/aromatic N) is 2. The third-order valence-electron chi connectivity index (χ3n) is 2.73. The van der Waals surface area contributed by atoms with Gasteiger partial charge >= 0.3 is 0 Å². The maximum absolute atomic E-state index is 12.0. The number of rotatable bonds is 5. The lowest BCUT2D eigenvalue weighted by Crippen LogP contribution is -2.11. The van der Waals surface area contributed by atoms with Gasteiger partial charge in [0.2, 0.25) is 0 Å². The molecular formula is C14H16ClN3O2. The Labute approximate surface area is 122 Å². The summed E-state index contributed by atoms with van der Waals surface area (Å²) in [7, 11) is 1.76. The molecule has 2 rings (SSSR count). The van der Waals surface area contributed by atoms with Crippen molar-refractivity contribution in [2.45, 2.75) is 12.8 Å². The van der Waals surface area contributed by atoms with Crippen LogP contribution in [0.4, 0.5) is 5.69 Å². The van der Waals surface area contributed by atoms with Crippen molar-refractivity contribution in [1.29, 1.82) is 0 Å². The van der Waals surface area contributed by atoms with Crippen LogP contribution in [0.5, 0.6) is 5.75 Å². The van der Waals surface area contributed by atoms with Crippen LogP contribution in [0.1, 0.15) is 22.8 Å². The van der Waals surface area contributed by atoms with Gasteiger partial charge in [0, 0.05) is 24.5 Å². The number of benzene rings is 1. The van der Waals surface area contributed by atoms with Gasteiger partial charge in [0.1, 0.15) is 5.75 Å². The van der Waals surface area contributed by atoms with Gasteiger partial charge in [-0.2, -0.15) is 5.10 Å². The molecule has 1 aromatic heterocycles. The molecule has 0 aliphatic heterocycles. The molecule has 1 amide bonds. The number of halogens is 1. The Hall–Kier alpha value is -2.01. The molecule has 0 saturated carbocycles. The topological polar surface area (TPSA) is 56.1 Å². The van der Waals surface area contributed by atoms with Crippen molar-refractivity contribution < 1.29 is 9.53 Å². The number of alkyl halides is 1. The highest BCUT2D eigenvalue weighted by Crippen LogP contribution is 2.24. The van der Waals surface area contributed by atoms with Gasteiger partial charge in [-0.15, -0.1) is 11.6 Å². The molecule has 1 heterocycles. The standard InChI is InChI=1S/C14H16ClN3O2/c1-3-20-13-5-4-12(6-10(13)7-15)17-14(19)11-8-16-18(2)9-11/h4-6,8-9H,3,7H2,1-2H3,(H,17,19). The summed E-state index contributed by atoms with van der Waals surface area (Å²) in [6, 6.07) is 5.40. The van der Waals surface area contributed by atoms with Crippen molar-refractivity contribution in [3.05, 3.63) is 41.7 Å². The number of carbonyl (C=O) groups excluding carboxylic acids is 1. The predicted molar refractivity (Wildman–Crippen MR) is 78.3 cm³/mol. The highest BCUT2D eigenvalue weighted by Gasteiger charge is 2.10. The van der Waals surface area contributed by atoms with Gasteiger partial charge in [0.05, 0.1) is 24.2 Å². The average molecular weight is 294 g/mol. The fourth-order valence-electron chi connectivity index (χ4n) is 1.80. The number of anilines is 1. The lowest BCUT2D eigenvalue weighted by atomic mass is 10.2. The molecular weight excluding hydrogens is 278 g/mol. The van der Waals surface area contributed by atoms with Crippen LogP contribution in [0, 0.1) is 0 Å². The molecule has 0 aliphatic rings. The van der Waals surface area contributed by atoms with Crippen molar-refractivity contribution in [3.8, 4) is 5.75 Å². The summed E-state index contributed by atoms with van der Waals surface area (Å²) in [6.45, 7) is 2.49. The maximum atomic E-state index is 12.0. The number of hydrogen-bond acceptors (Lipinski definition) is 3. The van der Waals surface area contributed by atoms with Gasteiger partial charge < -0.3 is 10.1 Å². The first-order chi connectivity index (χ1) is 9.63. The molecule has 20 heavy (non-hydrogen) atoms. The van der Waals surface area contributed by atoms with E-state index < -0.39 is 0 Å². The molecule has 1 N–H and O–H groups in total. The van der Waals surface area contributed by atoms with Crippen LogP contribution in [-0.4, -0.2) is 22.3 Å². The summed E-state index contributed by atoms with van der Waals surface area (Å²) in [5.41, 5.74) is 2.03. The second-order valence-electron chi connectivity index (χ2n) is 4.25. The summed E-state index contributed by atoms with van der Waals surface area (Å²) >= 11 is 5.89. The van der Waals surface area contributed by atoms with Crippen molar-refractivity contribution in [2.24, 2.45) is 7.05 Å². The van der Waals surface area contributed by atoms with E-state index in [1.165, 1.54) is 6.20 Å². The van der Waals surface area contributed by atoms with Crippen molar-refractivity contribution in [1.82, 2.24) is 9.78 Å². The molecule has 5 nitrogen and oxygen atoms in total. The number of aryl methyl sites for hydroxylation is 1. The van der Waals surface area contributed by atoms with Crippen LogP contribution in [-0.2, 0) is 12.9 Å². The fourth-order valence-corrected chi connectivity index (χ4v) is 2.01. The number of hydrogen-bond donors (Lipinski definition) is 1. The molecule has 106 valence electrons. The molecule has 1 aromatic carbocycles. The molecule has 0 aliphatic carbocycles. The third-order valence-corrected chi connectivity index (χ3v) is 3.02. The summed E-state index contributed by atoms with van der Waals surface area (Å²) in [4.78, 5) is 12.0. The van der Waals surface area contributed by atoms with Crippen molar-refractivity contribution in [3.63, 3.8) is 0 Å².